The summed E-state index contributed by atoms with van der Waals surface area (Å²) in [4.78, 5) is 8.53. The van der Waals surface area contributed by atoms with Crippen LogP contribution in [0.15, 0.2) is 0 Å². The van der Waals surface area contributed by atoms with Crippen molar-refractivity contribution in [3.8, 4) is 0 Å². The Morgan fingerprint density at radius 2 is 1.85 bits per heavy atom. The van der Waals surface area contributed by atoms with Crippen LogP contribution in [0.25, 0.3) is 0 Å². The van der Waals surface area contributed by atoms with Gasteiger partial charge >= 0.3 is 0 Å². The number of hydrogen-bond acceptors (Lipinski definition) is 6. The molecule has 0 amide bonds. The summed E-state index contributed by atoms with van der Waals surface area (Å²) in [5.41, 5.74) is 1.11. The fraction of sp³-hybridized carbons (Fsp3) is 0.824. The first-order valence-corrected chi connectivity index (χ1v) is 12.1. The monoisotopic (exact) mass is 397 g/mol. The molecule has 2 saturated heterocycles. The Morgan fingerprint density at radius 1 is 1.12 bits per heavy atom. The Labute approximate surface area is 159 Å². The lowest BCUT2D eigenvalue weighted by Gasteiger charge is -2.35. The van der Waals surface area contributed by atoms with Gasteiger partial charge in [-0.1, -0.05) is 12.8 Å². The third-order valence-electron chi connectivity index (χ3n) is 6.30. The molecule has 4 heterocycles. The first-order valence-electron chi connectivity index (χ1n) is 9.85. The quantitative estimate of drug-likeness (QED) is 0.799. The number of aromatic nitrogens is 1. The van der Waals surface area contributed by atoms with Crippen molar-refractivity contribution in [1.82, 2.24) is 19.3 Å². The number of fused-ring (bicyclic) bond motifs is 3. The van der Waals surface area contributed by atoms with Crippen LogP contribution in [0.2, 0.25) is 0 Å². The van der Waals surface area contributed by atoms with Gasteiger partial charge in [-0.2, -0.15) is 17.4 Å². The summed E-state index contributed by atoms with van der Waals surface area (Å²) in [6, 6.07) is 1.21. The zero-order valence-electron chi connectivity index (χ0n) is 15.0. The predicted octanol–water partition coefficient (Wildman–Crippen LogP) is 1.22. The largest absolute Gasteiger partial charge is 0.340 e. The Balaban J connectivity index is 1.33. The van der Waals surface area contributed by atoms with E-state index in [1.807, 2.05) is 0 Å². The topological polar surface area (TPSA) is 77.6 Å². The van der Waals surface area contributed by atoms with Gasteiger partial charge in [0.05, 0.1) is 12.2 Å². The molecule has 9 heteroatoms. The molecule has 0 aromatic carbocycles. The van der Waals surface area contributed by atoms with Crippen LogP contribution in [-0.2, 0) is 23.2 Å². The van der Waals surface area contributed by atoms with Crippen LogP contribution in [0.5, 0.6) is 0 Å². The molecule has 3 fully saturated rings. The minimum absolute atomic E-state index is 0.120. The summed E-state index contributed by atoms with van der Waals surface area (Å²) in [5, 5.41) is 4.61. The molecule has 1 aromatic rings. The maximum Gasteiger partial charge on any atom is 0.280 e. The van der Waals surface area contributed by atoms with E-state index in [4.69, 9.17) is 4.98 Å². The third kappa shape index (κ3) is 3.07. The molecule has 26 heavy (non-hydrogen) atoms. The van der Waals surface area contributed by atoms with Gasteiger partial charge in [-0.3, -0.25) is 0 Å². The molecular formula is C17H27N5O2S2. The van der Waals surface area contributed by atoms with Crippen molar-refractivity contribution >= 4 is 26.7 Å². The Bertz CT molecular complexity index is 758. The third-order valence-corrected chi connectivity index (χ3v) is 9.01. The second kappa shape index (κ2) is 6.70. The van der Waals surface area contributed by atoms with Gasteiger partial charge in [0.15, 0.2) is 5.13 Å². The van der Waals surface area contributed by atoms with E-state index < -0.39 is 10.2 Å². The molecule has 0 spiro atoms. The average Bonchev–Trinajstić information content (AvgIpc) is 3.31. The number of thiazole rings is 1. The van der Waals surface area contributed by atoms with Crippen LogP contribution in [-0.4, -0.2) is 55.5 Å². The van der Waals surface area contributed by atoms with Gasteiger partial charge in [-0.25, -0.2) is 4.98 Å². The van der Waals surface area contributed by atoms with Crippen LogP contribution >= 0.6 is 11.3 Å². The first-order chi connectivity index (χ1) is 12.6. The van der Waals surface area contributed by atoms with Gasteiger partial charge in [0.1, 0.15) is 0 Å². The van der Waals surface area contributed by atoms with Gasteiger partial charge in [0.2, 0.25) is 0 Å². The molecule has 2 N–H and O–H groups in total. The number of nitrogens with zero attached hydrogens (tertiary/aromatic N) is 3. The molecule has 7 nitrogen and oxygen atoms in total. The van der Waals surface area contributed by atoms with E-state index >= 15 is 0 Å². The SMILES string of the molecule is O=S(=O)(NC1CCCC1)N1CCc2nc(N3C4CCC3CNC4)sc2C1. The summed E-state index contributed by atoms with van der Waals surface area (Å²) < 4.78 is 30.0. The van der Waals surface area contributed by atoms with Crippen molar-refractivity contribution in [2.45, 2.75) is 69.6 Å². The number of piperazine rings is 1. The molecule has 144 valence electrons. The van der Waals surface area contributed by atoms with E-state index in [0.717, 1.165) is 60.9 Å². The molecule has 1 saturated carbocycles. The van der Waals surface area contributed by atoms with Crippen LogP contribution in [0, 0.1) is 0 Å². The van der Waals surface area contributed by atoms with Crippen LogP contribution in [0.3, 0.4) is 0 Å². The Morgan fingerprint density at radius 3 is 2.58 bits per heavy atom. The molecule has 3 aliphatic heterocycles. The van der Waals surface area contributed by atoms with Crippen LogP contribution in [0.4, 0.5) is 5.13 Å². The van der Waals surface area contributed by atoms with Crippen molar-refractivity contribution < 1.29 is 8.42 Å². The summed E-state index contributed by atoms with van der Waals surface area (Å²) in [5.74, 6) is 0. The van der Waals surface area contributed by atoms with E-state index in [9.17, 15) is 8.42 Å². The summed E-state index contributed by atoms with van der Waals surface area (Å²) in [6.45, 7) is 3.07. The van der Waals surface area contributed by atoms with Gasteiger partial charge in [-0.05, 0) is 25.7 Å². The lowest BCUT2D eigenvalue weighted by atomic mass is 10.2. The average molecular weight is 398 g/mol. The molecule has 2 unspecified atom stereocenters. The second-order valence-electron chi connectivity index (χ2n) is 8.00. The highest BCUT2D eigenvalue weighted by atomic mass is 32.2. The predicted molar refractivity (Wildman–Crippen MR) is 103 cm³/mol. The van der Waals surface area contributed by atoms with E-state index in [0.29, 0.717) is 25.2 Å². The maximum atomic E-state index is 12.8. The zero-order chi connectivity index (χ0) is 17.7. The molecule has 5 rings (SSSR count). The van der Waals surface area contributed by atoms with Gasteiger partial charge in [-0.15, -0.1) is 11.3 Å². The highest BCUT2D eigenvalue weighted by Gasteiger charge is 2.39. The Kier molecular flexibility index (Phi) is 4.47. The fourth-order valence-electron chi connectivity index (χ4n) is 4.89. The molecule has 1 aromatic heterocycles. The smallest absolute Gasteiger partial charge is 0.280 e. The van der Waals surface area contributed by atoms with E-state index in [1.54, 1.807) is 15.6 Å². The molecule has 0 radical (unpaired) electrons. The van der Waals surface area contributed by atoms with Crippen molar-refractivity contribution in [2.24, 2.45) is 0 Å². The highest BCUT2D eigenvalue weighted by molar-refractivity contribution is 7.87. The van der Waals surface area contributed by atoms with Crippen LogP contribution < -0.4 is 14.9 Å². The number of anilines is 1. The standard InChI is InChI=1S/C17H27N5O2S2/c23-26(24,20-12-3-1-2-4-12)21-8-7-15-16(11-21)25-17(19-15)22-13-5-6-14(22)10-18-9-13/h12-14,18,20H,1-11H2. The summed E-state index contributed by atoms with van der Waals surface area (Å²) in [7, 11) is -3.40. The maximum absolute atomic E-state index is 12.8. The number of nitrogens with one attached hydrogen (secondary N) is 2. The van der Waals surface area contributed by atoms with E-state index in [2.05, 4.69) is 14.9 Å². The van der Waals surface area contributed by atoms with Crippen molar-refractivity contribution in [3.05, 3.63) is 10.6 Å². The van der Waals surface area contributed by atoms with Crippen molar-refractivity contribution in [2.75, 3.05) is 24.5 Å². The van der Waals surface area contributed by atoms with Gasteiger partial charge in [0, 0.05) is 49.1 Å². The lowest BCUT2D eigenvalue weighted by Crippen LogP contribution is -2.51. The highest BCUT2D eigenvalue weighted by Crippen LogP contribution is 2.38. The van der Waals surface area contributed by atoms with Gasteiger partial charge < -0.3 is 10.2 Å². The molecule has 1 aliphatic carbocycles. The van der Waals surface area contributed by atoms with E-state index in [1.165, 1.54) is 12.8 Å². The molecule has 2 bridgehead atoms. The Hall–Kier alpha value is -0.740. The first kappa shape index (κ1) is 17.4. The molecular weight excluding hydrogens is 370 g/mol. The fourth-order valence-corrected chi connectivity index (χ4v) is 7.68. The number of hydrogen-bond donors (Lipinski definition) is 2. The minimum Gasteiger partial charge on any atom is -0.340 e. The number of rotatable bonds is 4. The summed E-state index contributed by atoms with van der Waals surface area (Å²) in [6.07, 6.45) is 7.37. The van der Waals surface area contributed by atoms with Crippen LogP contribution in [0.1, 0.15) is 49.1 Å². The van der Waals surface area contributed by atoms with E-state index in [-0.39, 0.29) is 6.04 Å². The van der Waals surface area contributed by atoms with Crippen molar-refractivity contribution in [1.29, 1.82) is 0 Å². The molecule has 2 atom stereocenters. The minimum atomic E-state index is -3.40. The lowest BCUT2D eigenvalue weighted by molar-refractivity contribution is 0.379. The summed E-state index contributed by atoms with van der Waals surface area (Å²) >= 11 is 1.71. The zero-order valence-corrected chi connectivity index (χ0v) is 16.6. The second-order valence-corrected chi connectivity index (χ2v) is 10.8. The van der Waals surface area contributed by atoms with Gasteiger partial charge in [0.25, 0.3) is 10.2 Å². The molecule has 4 aliphatic rings. The normalized spacial score (nSPS) is 30.1. The van der Waals surface area contributed by atoms with Crippen molar-refractivity contribution in [3.63, 3.8) is 0 Å².